The summed E-state index contributed by atoms with van der Waals surface area (Å²) in [6.45, 7) is 0. The van der Waals surface area contributed by atoms with Crippen LogP contribution >= 0.6 is 0 Å². The van der Waals surface area contributed by atoms with Crippen molar-refractivity contribution in [2.75, 3.05) is 0 Å². The van der Waals surface area contributed by atoms with Gasteiger partial charge in [-0.15, -0.1) is 0 Å². The Morgan fingerprint density at radius 3 is 1.13 bits per heavy atom. The quantitative estimate of drug-likeness (QED) is 0.175. The van der Waals surface area contributed by atoms with Gasteiger partial charge in [-0.25, -0.2) is 4.98 Å². The van der Waals surface area contributed by atoms with Crippen LogP contribution in [0.2, 0.25) is 0 Å². The Balaban J connectivity index is 1.03. The second kappa shape index (κ2) is 13.0. The van der Waals surface area contributed by atoms with Gasteiger partial charge < -0.3 is 0 Å². The smallest absolute Gasteiger partial charge is 0.0991 e. The van der Waals surface area contributed by atoms with E-state index < -0.39 is 0 Å². The van der Waals surface area contributed by atoms with E-state index in [0.717, 1.165) is 39.2 Å². The maximum atomic E-state index is 9.46. The molecule has 1 aliphatic rings. The molecule has 0 atom stereocenters. The molecule has 0 saturated carbocycles. The minimum atomic E-state index is 0.663. The van der Waals surface area contributed by atoms with Crippen molar-refractivity contribution in [3.63, 3.8) is 0 Å². The number of fused-ring (bicyclic) bond motifs is 3. The molecule has 0 aliphatic heterocycles. The number of rotatable bonds is 6. The summed E-state index contributed by atoms with van der Waals surface area (Å²) < 4.78 is 0. The summed E-state index contributed by atoms with van der Waals surface area (Å²) in [5.74, 6) is 0. The van der Waals surface area contributed by atoms with E-state index in [1.807, 2.05) is 24.3 Å². The zero-order valence-corrected chi connectivity index (χ0v) is 29.4. The first-order chi connectivity index (χ1) is 26.7. The Morgan fingerprint density at radius 2 is 0.667 bits per heavy atom. The van der Waals surface area contributed by atoms with Crippen molar-refractivity contribution < 1.29 is 0 Å². The first kappa shape index (κ1) is 31.4. The largest absolute Gasteiger partial charge is 0.248 e. The normalized spacial score (nSPS) is 11.3. The first-order valence-corrected chi connectivity index (χ1v) is 18.3. The number of aromatic nitrogens is 1. The molecule has 0 saturated heterocycles. The molecule has 9 aromatic rings. The van der Waals surface area contributed by atoms with Crippen LogP contribution < -0.4 is 0 Å². The Morgan fingerprint density at radius 1 is 0.296 bits per heavy atom. The van der Waals surface area contributed by atoms with Gasteiger partial charge in [0.05, 0.1) is 23.0 Å². The molecular weight excluding hydrogens is 653 g/mol. The summed E-state index contributed by atoms with van der Waals surface area (Å²) in [6, 6.07) is 71.0. The lowest BCUT2D eigenvalue weighted by molar-refractivity contribution is 1.32. The van der Waals surface area contributed by atoms with Crippen LogP contribution in [0.4, 0.5) is 0 Å². The molecule has 2 nitrogen and oxygen atoms in total. The Bertz CT molecular complexity index is 2800. The van der Waals surface area contributed by atoms with E-state index in [1.165, 1.54) is 60.8 Å². The van der Waals surface area contributed by atoms with E-state index in [1.54, 1.807) is 0 Å². The molecule has 0 radical (unpaired) electrons. The zero-order chi connectivity index (χ0) is 36.0. The summed E-state index contributed by atoms with van der Waals surface area (Å²) in [6.07, 6.45) is 0. The van der Waals surface area contributed by atoms with Crippen molar-refractivity contribution in [1.29, 1.82) is 5.26 Å². The third kappa shape index (κ3) is 5.39. The number of nitriles is 1. The van der Waals surface area contributed by atoms with Gasteiger partial charge in [-0.3, -0.25) is 0 Å². The lowest BCUT2D eigenvalue weighted by atomic mass is 9.88. The highest BCUT2D eigenvalue weighted by Crippen LogP contribution is 2.52. The topological polar surface area (TPSA) is 36.7 Å². The van der Waals surface area contributed by atoms with E-state index in [4.69, 9.17) is 4.98 Å². The van der Waals surface area contributed by atoms with Crippen molar-refractivity contribution >= 4 is 10.8 Å². The summed E-state index contributed by atoms with van der Waals surface area (Å²) >= 11 is 0. The SMILES string of the molecule is N#Cc1ccc(-c2ccc3c4c(ccc(-c5ccc(-c6ccc(-c7cc(-c8ccccc8)nc(-c8ccccc8)c7)cc6)cc5)c24)-c2ccccc2-3)cc1. The van der Waals surface area contributed by atoms with Gasteiger partial charge in [0.25, 0.3) is 0 Å². The fourth-order valence-corrected chi connectivity index (χ4v) is 8.01. The molecule has 2 heteroatoms. The van der Waals surface area contributed by atoms with Gasteiger partial charge >= 0.3 is 0 Å². The molecule has 1 aromatic heterocycles. The van der Waals surface area contributed by atoms with Crippen LogP contribution in [0.1, 0.15) is 5.56 Å². The minimum absolute atomic E-state index is 0.663. The molecule has 250 valence electrons. The van der Waals surface area contributed by atoms with Crippen LogP contribution in [0, 0.1) is 11.3 Å². The number of pyridine rings is 1. The van der Waals surface area contributed by atoms with Gasteiger partial charge in [-0.2, -0.15) is 5.26 Å². The molecule has 0 spiro atoms. The summed E-state index contributed by atoms with van der Waals surface area (Å²) in [4.78, 5) is 5.06. The average molecular weight is 685 g/mol. The average Bonchev–Trinajstić information content (AvgIpc) is 3.59. The van der Waals surface area contributed by atoms with Crippen molar-refractivity contribution in [3.05, 3.63) is 200 Å². The highest BCUT2D eigenvalue weighted by molar-refractivity contribution is 6.22. The van der Waals surface area contributed by atoms with E-state index in [0.29, 0.717) is 5.56 Å². The van der Waals surface area contributed by atoms with E-state index in [2.05, 4.69) is 176 Å². The second-order valence-electron chi connectivity index (χ2n) is 13.8. The molecule has 10 rings (SSSR count). The Labute approximate surface area is 314 Å². The van der Waals surface area contributed by atoms with Crippen LogP contribution in [0.3, 0.4) is 0 Å². The number of benzene rings is 8. The monoisotopic (exact) mass is 684 g/mol. The van der Waals surface area contributed by atoms with Crippen LogP contribution in [0.15, 0.2) is 194 Å². The third-order valence-electron chi connectivity index (χ3n) is 10.7. The molecule has 0 unspecified atom stereocenters. The van der Waals surface area contributed by atoms with Gasteiger partial charge in [0.15, 0.2) is 0 Å². The summed E-state index contributed by atoms with van der Waals surface area (Å²) in [5, 5.41) is 12.0. The molecule has 0 amide bonds. The fraction of sp³-hybridized carbons (Fsp3) is 0. The molecule has 0 N–H and O–H groups in total. The molecular formula is C52H32N2. The predicted octanol–water partition coefficient (Wildman–Crippen LogP) is 13.8. The van der Waals surface area contributed by atoms with Crippen LogP contribution in [-0.2, 0) is 0 Å². The minimum Gasteiger partial charge on any atom is -0.248 e. The number of nitrogens with zero attached hydrogens (tertiary/aromatic N) is 2. The summed E-state index contributed by atoms with van der Waals surface area (Å²) in [5.41, 5.74) is 19.1. The maximum Gasteiger partial charge on any atom is 0.0991 e. The standard InChI is InChI=1S/C52H32N2/c53-33-34-15-17-38(18-16-34)43-27-29-47-45-13-7-8-14-46(45)48-30-28-44(51(43)52(47)48)39-25-23-36(24-26-39)35-19-21-37(22-20-35)42-31-49(40-9-3-1-4-10-40)54-50(32-42)41-11-5-2-6-12-41/h1-32H. The Kier molecular flexibility index (Phi) is 7.57. The van der Waals surface area contributed by atoms with Crippen molar-refractivity contribution in [3.8, 4) is 95.3 Å². The van der Waals surface area contributed by atoms with Crippen molar-refractivity contribution in [1.82, 2.24) is 4.98 Å². The maximum absolute atomic E-state index is 9.46. The summed E-state index contributed by atoms with van der Waals surface area (Å²) in [7, 11) is 0. The van der Waals surface area contributed by atoms with Crippen LogP contribution in [0.5, 0.6) is 0 Å². The molecule has 8 aromatic carbocycles. The highest BCUT2D eigenvalue weighted by Gasteiger charge is 2.24. The van der Waals surface area contributed by atoms with Gasteiger partial charge in [0.2, 0.25) is 0 Å². The lowest BCUT2D eigenvalue weighted by Crippen LogP contribution is -1.91. The molecule has 54 heavy (non-hydrogen) atoms. The van der Waals surface area contributed by atoms with Gasteiger partial charge in [-0.05, 0) is 102 Å². The van der Waals surface area contributed by atoms with E-state index >= 15 is 0 Å². The van der Waals surface area contributed by atoms with Crippen molar-refractivity contribution in [2.24, 2.45) is 0 Å². The van der Waals surface area contributed by atoms with E-state index in [-0.39, 0.29) is 0 Å². The van der Waals surface area contributed by atoms with E-state index in [9.17, 15) is 5.26 Å². The lowest BCUT2D eigenvalue weighted by Gasteiger charge is -2.15. The van der Waals surface area contributed by atoms with Gasteiger partial charge in [0, 0.05) is 11.1 Å². The molecule has 0 fully saturated rings. The van der Waals surface area contributed by atoms with Crippen molar-refractivity contribution in [2.45, 2.75) is 0 Å². The number of hydrogen-bond acceptors (Lipinski definition) is 2. The zero-order valence-electron chi connectivity index (χ0n) is 29.4. The second-order valence-corrected chi connectivity index (χ2v) is 13.8. The fourth-order valence-electron chi connectivity index (χ4n) is 8.01. The van der Waals surface area contributed by atoms with Gasteiger partial charge in [-0.1, -0.05) is 170 Å². The molecule has 0 bridgehead atoms. The molecule has 1 aliphatic carbocycles. The third-order valence-corrected chi connectivity index (χ3v) is 10.7. The van der Waals surface area contributed by atoms with Crippen LogP contribution in [0.25, 0.3) is 100 Å². The van der Waals surface area contributed by atoms with Gasteiger partial charge in [0.1, 0.15) is 0 Å². The van der Waals surface area contributed by atoms with Crippen LogP contribution in [-0.4, -0.2) is 4.98 Å². The predicted molar refractivity (Wildman–Crippen MR) is 224 cm³/mol. The highest BCUT2D eigenvalue weighted by atomic mass is 14.7. The Hall–Kier alpha value is -7.34. The number of hydrogen-bond donors (Lipinski definition) is 0. The first-order valence-electron chi connectivity index (χ1n) is 18.3. The molecule has 1 heterocycles.